The normalized spacial score (nSPS) is 12.1. The molecule has 0 saturated carbocycles. The summed E-state index contributed by atoms with van der Waals surface area (Å²) in [6.45, 7) is 1.47. The van der Waals surface area contributed by atoms with Gasteiger partial charge in [0.15, 0.2) is 0 Å². The lowest BCUT2D eigenvalue weighted by atomic mass is 10.2. The molecule has 0 heterocycles. The van der Waals surface area contributed by atoms with Crippen LogP contribution in [0.1, 0.15) is 6.92 Å². The number of amides is 1. The van der Waals surface area contributed by atoms with Crippen LogP contribution in [0.15, 0.2) is 36.4 Å². The fraction of sp³-hybridized carbons (Fsp3) is 0.316. The SMILES string of the molecule is COc1ccc(OC)c(N([C@@H](C)C(=O)Nc2ccc(OC)c(Cl)c2)S(C)(=O)=O)c1. The predicted octanol–water partition coefficient (Wildman–Crippen LogP) is 3.16. The van der Waals surface area contributed by atoms with E-state index in [4.69, 9.17) is 25.8 Å². The molecule has 1 amide bonds. The van der Waals surface area contributed by atoms with Crippen LogP contribution in [0.4, 0.5) is 11.4 Å². The first kappa shape index (κ1) is 22.6. The smallest absolute Gasteiger partial charge is 0.247 e. The average molecular weight is 443 g/mol. The van der Waals surface area contributed by atoms with Crippen LogP contribution in [0.3, 0.4) is 0 Å². The first-order valence-corrected chi connectivity index (χ1v) is 10.7. The molecule has 8 nitrogen and oxygen atoms in total. The third-order valence-corrected chi connectivity index (χ3v) is 5.65. The summed E-state index contributed by atoms with van der Waals surface area (Å²) in [4.78, 5) is 12.8. The quantitative estimate of drug-likeness (QED) is 0.674. The summed E-state index contributed by atoms with van der Waals surface area (Å²) in [5.74, 6) is 0.602. The Bertz CT molecular complexity index is 996. The van der Waals surface area contributed by atoms with Gasteiger partial charge in [-0.05, 0) is 37.3 Å². The van der Waals surface area contributed by atoms with Gasteiger partial charge in [-0.15, -0.1) is 0 Å². The molecule has 2 rings (SSSR count). The molecule has 0 saturated heterocycles. The number of nitrogens with one attached hydrogen (secondary N) is 1. The van der Waals surface area contributed by atoms with Crippen LogP contribution in [0.5, 0.6) is 17.2 Å². The highest BCUT2D eigenvalue weighted by molar-refractivity contribution is 7.92. The fourth-order valence-corrected chi connectivity index (χ4v) is 4.17. The Kier molecular flexibility index (Phi) is 7.21. The topological polar surface area (TPSA) is 94.2 Å². The van der Waals surface area contributed by atoms with E-state index in [1.54, 1.807) is 24.3 Å². The minimum Gasteiger partial charge on any atom is -0.497 e. The average Bonchev–Trinajstić information content (AvgIpc) is 2.67. The van der Waals surface area contributed by atoms with Crippen molar-refractivity contribution in [2.75, 3.05) is 37.2 Å². The zero-order chi connectivity index (χ0) is 21.8. The zero-order valence-corrected chi connectivity index (χ0v) is 18.3. The number of hydrogen-bond acceptors (Lipinski definition) is 6. The van der Waals surface area contributed by atoms with Crippen molar-refractivity contribution in [2.24, 2.45) is 0 Å². The highest BCUT2D eigenvalue weighted by Crippen LogP contribution is 2.35. The molecule has 0 aliphatic carbocycles. The van der Waals surface area contributed by atoms with E-state index in [-0.39, 0.29) is 11.4 Å². The van der Waals surface area contributed by atoms with Crippen molar-refractivity contribution in [3.63, 3.8) is 0 Å². The minimum atomic E-state index is -3.84. The largest absolute Gasteiger partial charge is 0.497 e. The van der Waals surface area contributed by atoms with Crippen LogP contribution in [0.25, 0.3) is 0 Å². The third-order valence-electron chi connectivity index (χ3n) is 4.13. The van der Waals surface area contributed by atoms with E-state index in [0.717, 1.165) is 10.6 Å². The number of sulfonamides is 1. The Labute approximate surface area is 175 Å². The van der Waals surface area contributed by atoms with Crippen molar-refractivity contribution in [3.05, 3.63) is 41.4 Å². The van der Waals surface area contributed by atoms with Crippen molar-refractivity contribution < 1.29 is 27.4 Å². The number of carbonyl (C=O) groups is 1. The molecule has 2 aromatic carbocycles. The Morgan fingerprint density at radius 1 is 1.03 bits per heavy atom. The molecule has 0 unspecified atom stereocenters. The number of halogens is 1. The monoisotopic (exact) mass is 442 g/mol. The third kappa shape index (κ3) is 5.24. The van der Waals surface area contributed by atoms with E-state index in [1.807, 2.05) is 0 Å². The van der Waals surface area contributed by atoms with Gasteiger partial charge in [-0.2, -0.15) is 0 Å². The summed E-state index contributed by atoms with van der Waals surface area (Å²) in [5.41, 5.74) is 0.587. The predicted molar refractivity (Wildman–Crippen MR) is 113 cm³/mol. The molecule has 1 N–H and O–H groups in total. The lowest BCUT2D eigenvalue weighted by Gasteiger charge is -2.29. The van der Waals surface area contributed by atoms with Crippen molar-refractivity contribution in [3.8, 4) is 17.2 Å². The molecule has 2 aromatic rings. The summed E-state index contributed by atoms with van der Waals surface area (Å²) in [6.07, 6.45) is 1.01. The molecule has 0 aliphatic rings. The maximum atomic E-state index is 12.8. The van der Waals surface area contributed by atoms with Gasteiger partial charge in [-0.25, -0.2) is 8.42 Å². The molecular weight excluding hydrogens is 420 g/mol. The lowest BCUT2D eigenvalue weighted by molar-refractivity contribution is -0.116. The second kappa shape index (κ2) is 9.23. The first-order valence-electron chi connectivity index (χ1n) is 8.48. The molecule has 0 aliphatic heterocycles. The second-order valence-corrected chi connectivity index (χ2v) is 8.38. The molecular formula is C19H23ClN2O6S. The summed E-state index contributed by atoms with van der Waals surface area (Å²) in [7, 11) is 0.510. The van der Waals surface area contributed by atoms with Crippen molar-refractivity contribution in [2.45, 2.75) is 13.0 Å². The first-order chi connectivity index (χ1) is 13.6. The summed E-state index contributed by atoms with van der Waals surface area (Å²) < 4.78 is 41.6. The molecule has 29 heavy (non-hydrogen) atoms. The van der Waals surface area contributed by atoms with Crippen LogP contribution in [0, 0.1) is 0 Å². The molecule has 0 fully saturated rings. The number of anilines is 2. The van der Waals surface area contributed by atoms with Gasteiger partial charge in [-0.1, -0.05) is 11.6 Å². The molecule has 1 atom stereocenters. The van der Waals surface area contributed by atoms with E-state index >= 15 is 0 Å². The summed E-state index contributed by atoms with van der Waals surface area (Å²) in [5, 5.41) is 2.98. The maximum Gasteiger partial charge on any atom is 0.247 e. The maximum absolute atomic E-state index is 12.8. The van der Waals surface area contributed by atoms with Gasteiger partial charge < -0.3 is 19.5 Å². The number of nitrogens with zero attached hydrogens (tertiary/aromatic N) is 1. The standard InChI is InChI=1S/C19H23ClN2O6S/c1-12(19(23)21-13-6-8-17(27-3)15(20)10-13)22(29(5,24)25)16-11-14(26-2)7-9-18(16)28-4/h6-12H,1-5H3,(H,21,23)/t12-/m0/s1. The van der Waals surface area contributed by atoms with E-state index in [9.17, 15) is 13.2 Å². The Morgan fingerprint density at radius 3 is 2.17 bits per heavy atom. The summed E-state index contributed by atoms with van der Waals surface area (Å²) in [6, 6.07) is 8.32. The van der Waals surface area contributed by atoms with Gasteiger partial charge in [0.05, 0.1) is 38.3 Å². The number of carbonyl (C=O) groups excluding carboxylic acids is 1. The second-order valence-electron chi connectivity index (χ2n) is 6.11. The van der Waals surface area contributed by atoms with E-state index in [1.165, 1.54) is 40.4 Å². The number of rotatable bonds is 8. The Balaban J connectivity index is 2.41. The minimum absolute atomic E-state index is 0.185. The highest BCUT2D eigenvalue weighted by Gasteiger charge is 2.31. The fourth-order valence-electron chi connectivity index (χ4n) is 2.74. The van der Waals surface area contributed by atoms with Gasteiger partial charge >= 0.3 is 0 Å². The molecule has 0 spiro atoms. The van der Waals surface area contributed by atoms with Crippen LogP contribution < -0.4 is 23.8 Å². The highest BCUT2D eigenvalue weighted by atomic mass is 35.5. The van der Waals surface area contributed by atoms with E-state index < -0.39 is 22.0 Å². The van der Waals surface area contributed by atoms with Crippen LogP contribution in [-0.2, 0) is 14.8 Å². The lowest BCUT2D eigenvalue weighted by Crippen LogP contribution is -2.45. The molecule has 0 bridgehead atoms. The van der Waals surface area contributed by atoms with Gasteiger partial charge in [0, 0.05) is 11.8 Å². The van der Waals surface area contributed by atoms with Gasteiger partial charge in [0.2, 0.25) is 15.9 Å². The number of ether oxygens (including phenoxy) is 3. The Hall–Kier alpha value is -2.65. The Morgan fingerprint density at radius 2 is 1.66 bits per heavy atom. The molecule has 0 aromatic heterocycles. The van der Waals surface area contributed by atoms with Gasteiger partial charge in [-0.3, -0.25) is 9.10 Å². The van der Waals surface area contributed by atoms with E-state index in [0.29, 0.717) is 22.2 Å². The zero-order valence-electron chi connectivity index (χ0n) is 16.7. The van der Waals surface area contributed by atoms with Crippen molar-refractivity contribution >= 4 is 38.9 Å². The number of hydrogen-bond donors (Lipinski definition) is 1. The van der Waals surface area contributed by atoms with Gasteiger partial charge in [0.1, 0.15) is 23.3 Å². The van der Waals surface area contributed by atoms with Crippen LogP contribution in [0.2, 0.25) is 5.02 Å². The molecule has 158 valence electrons. The van der Waals surface area contributed by atoms with Crippen LogP contribution >= 0.6 is 11.6 Å². The van der Waals surface area contributed by atoms with Crippen molar-refractivity contribution in [1.29, 1.82) is 0 Å². The summed E-state index contributed by atoms with van der Waals surface area (Å²) >= 11 is 6.08. The molecule has 10 heteroatoms. The number of benzene rings is 2. The van der Waals surface area contributed by atoms with Crippen molar-refractivity contribution in [1.82, 2.24) is 0 Å². The van der Waals surface area contributed by atoms with Gasteiger partial charge in [0.25, 0.3) is 0 Å². The molecule has 0 radical (unpaired) electrons. The number of methoxy groups -OCH3 is 3. The van der Waals surface area contributed by atoms with E-state index in [2.05, 4.69) is 5.32 Å². The van der Waals surface area contributed by atoms with Crippen LogP contribution in [-0.4, -0.2) is 48.0 Å².